The molecule has 0 unspecified atom stereocenters. The average Bonchev–Trinajstić information content (AvgIpc) is 3.12. The molecule has 1 N–H and O–H groups in total. The zero-order chi connectivity index (χ0) is 18.8. The molecule has 0 bridgehead atoms. The zero-order valence-electron chi connectivity index (χ0n) is 14.0. The van der Waals surface area contributed by atoms with Crippen molar-refractivity contribution in [3.8, 4) is 23.8 Å². The third-order valence-electron chi connectivity index (χ3n) is 2.91. The van der Waals surface area contributed by atoms with Gasteiger partial charge in [0.2, 0.25) is 5.16 Å². The molecule has 1 amide bonds. The van der Waals surface area contributed by atoms with E-state index in [-0.39, 0.29) is 18.9 Å². The molecule has 0 fully saturated rings. The van der Waals surface area contributed by atoms with Crippen molar-refractivity contribution in [1.29, 1.82) is 0 Å². The maximum atomic E-state index is 11.8. The summed E-state index contributed by atoms with van der Waals surface area (Å²) in [6, 6.07) is 7.28. The summed E-state index contributed by atoms with van der Waals surface area (Å²) in [5, 5.41) is 14.3. The number of tetrazole rings is 1. The first-order valence-electron chi connectivity index (χ1n) is 7.64. The van der Waals surface area contributed by atoms with E-state index < -0.39 is 11.9 Å². The van der Waals surface area contributed by atoms with Gasteiger partial charge in [-0.2, -0.15) is 4.68 Å². The van der Waals surface area contributed by atoms with Gasteiger partial charge in [-0.15, -0.1) is 11.5 Å². The van der Waals surface area contributed by atoms with Gasteiger partial charge in [-0.25, -0.2) is 0 Å². The minimum Gasteiger partial charge on any atom is -0.492 e. The van der Waals surface area contributed by atoms with Crippen LogP contribution in [0.5, 0.6) is 5.75 Å². The fourth-order valence-electron chi connectivity index (χ4n) is 1.84. The normalized spacial score (nSPS) is 10.0. The van der Waals surface area contributed by atoms with Crippen LogP contribution >= 0.6 is 11.8 Å². The molecule has 136 valence electrons. The molecule has 0 aliphatic rings. The van der Waals surface area contributed by atoms with Gasteiger partial charge >= 0.3 is 5.97 Å². The summed E-state index contributed by atoms with van der Waals surface area (Å²) < 4.78 is 11.9. The van der Waals surface area contributed by atoms with Crippen LogP contribution in [0.4, 0.5) is 0 Å². The number of thioether (sulfide) groups is 1. The van der Waals surface area contributed by atoms with Gasteiger partial charge in [-0.05, 0) is 29.5 Å². The molecule has 1 aromatic heterocycles. The number of para-hydroxylation sites is 2. The van der Waals surface area contributed by atoms with E-state index in [2.05, 4.69) is 26.8 Å². The van der Waals surface area contributed by atoms with Crippen molar-refractivity contribution < 1.29 is 19.1 Å². The Morgan fingerprint density at radius 2 is 2.19 bits per heavy atom. The molecule has 0 aliphatic heterocycles. The highest BCUT2D eigenvalue weighted by Gasteiger charge is 2.15. The van der Waals surface area contributed by atoms with Gasteiger partial charge in [0.15, 0.2) is 6.61 Å². The Morgan fingerprint density at radius 3 is 2.96 bits per heavy atom. The quantitative estimate of drug-likeness (QED) is 0.382. The fourth-order valence-corrected chi connectivity index (χ4v) is 2.52. The number of ether oxygens (including phenoxy) is 2. The number of aromatic nitrogens is 4. The van der Waals surface area contributed by atoms with E-state index in [0.717, 1.165) is 11.8 Å². The Balaban J connectivity index is 1.94. The lowest BCUT2D eigenvalue weighted by Gasteiger charge is -2.10. The van der Waals surface area contributed by atoms with Crippen LogP contribution in [0, 0.1) is 12.3 Å². The minimum atomic E-state index is -0.571. The summed E-state index contributed by atoms with van der Waals surface area (Å²) in [6.07, 6.45) is 5.02. The third kappa shape index (κ3) is 5.49. The lowest BCUT2D eigenvalue weighted by molar-refractivity contribution is -0.145. The predicted octanol–water partition coefficient (Wildman–Crippen LogP) is 0.446. The molecule has 2 rings (SSSR count). The maximum absolute atomic E-state index is 11.8. The number of nitrogens with one attached hydrogen (secondary N) is 1. The molecule has 0 radical (unpaired) electrons. The predicted molar refractivity (Wildman–Crippen MR) is 93.8 cm³/mol. The van der Waals surface area contributed by atoms with Crippen LogP contribution in [0.2, 0.25) is 0 Å². The molecular formula is C16H17N5O4S. The fraction of sp³-hybridized carbons (Fsp3) is 0.312. The first-order valence-corrected chi connectivity index (χ1v) is 8.63. The van der Waals surface area contributed by atoms with E-state index in [4.69, 9.17) is 15.9 Å². The Hall–Kier alpha value is -3.06. The number of terminal acetylenes is 1. The summed E-state index contributed by atoms with van der Waals surface area (Å²) in [5.41, 5.74) is 0.656. The molecule has 2 aromatic rings. The number of hydrogen-bond donors (Lipinski definition) is 1. The second-order valence-corrected chi connectivity index (χ2v) is 5.65. The first-order chi connectivity index (χ1) is 12.7. The summed E-state index contributed by atoms with van der Waals surface area (Å²) in [6.45, 7) is 2.07. The van der Waals surface area contributed by atoms with E-state index in [1.54, 1.807) is 12.1 Å². The van der Waals surface area contributed by atoms with Crippen LogP contribution < -0.4 is 10.1 Å². The van der Waals surface area contributed by atoms with Gasteiger partial charge in [0.05, 0.1) is 18.9 Å². The Labute approximate surface area is 154 Å². The lowest BCUT2D eigenvalue weighted by atomic mass is 10.3. The Morgan fingerprint density at radius 1 is 1.38 bits per heavy atom. The molecular weight excluding hydrogens is 358 g/mol. The van der Waals surface area contributed by atoms with Crippen molar-refractivity contribution in [1.82, 2.24) is 25.5 Å². The minimum absolute atomic E-state index is 0.0560. The highest BCUT2D eigenvalue weighted by molar-refractivity contribution is 7.99. The molecule has 0 atom stereocenters. The number of rotatable bonds is 9. The number of esters is 1. The molecule has 0 aliphatic carbocycles. The summed E-state index contributed by atoms with van der Waals surface area (Å²) >= 11 is 1.09. The van der Waals surface area contributed by atoms with Crippen molar-refractivity contribution in [2.75, 3.05) is 25.5 Å². The van der Waals surface area contributed by atoms with Crippen LogP contribution in [0.3, 0.4) is 0 Å². The van der Waals surface area contributed by atoms with Crippen molar-refractivity contribution in [3.63, 3.8) is 0 Å². The SMILES string of the molecule is C#CCNC(=O)COC(=O)CSc1nnnn1-c1ccccc1OCC. The van der Waals surface area contributed by atoms with Crippen LogP contribution in [-0.4, -0.2) is 57.6 Å². The van der Waals surface area contributed by atoms with Crippen LogP contribution in [-0.2, 0) is 14.3 Å². The van der Waals surface area contributed by atoms with E-state index >= 15 is 0 Å². The average molecular weight is 375 g/mol. The van der Waals surface area contributed by atoms with Gasteiger partial charge in [-0.1, -0.05) is 29.8 Å². The highest BCUT2D eigenvalue weighted by Crippen LogP contribution is 2.25. The summed E-state index contributed by atoms with van der Waals surface area (Å²) in [7, 11) is 0. The topological polar surface area (TPSA) is 108 Å². The largest absolute Gasteiger partial charge is 0.492 e. The monoisotopic (exact) mass is 375 g/mol. The van der Waals surface area contributed by atoms with Gasteiger partial charge in [0.1, 0.15) is 11.4 Å². The lowest BCUT2D eigenvalue weighted by Crippen LogP contribution is -2.29. The van der Waals surface area contributed by atoms with Gasteiger partial charge in [0, 0.05) is 0 Å². The standard InChI is InChI=1S/C16H17N5O4S/c1-3-9-17-14(22)10-25-15(23)11-26-16-18-19-20-21(16)12-7-5-6-8-13(12)24-4-2/h1,5-8H,4,9-11H2,2H3,(H,17,22). The molecule has 26 heavy (non-hydrogen) atoms. The number of nitrogens with zero attached hydrogens (tertiary/aromatic N) is 4. The number of amides is 1. The third-order valence-corrected chi connectivity index (χ3v) is 3.80. The van der Waals surface area contributed by atoms with E-state index in [0.29, 0.717) is 23.2 Å². The second-order valence-electron chi connectivity index (χ2n) is 4.70. The van der Waals surface area contributed by atoms with Crippen molar-refractivity contribution in [2.24, 2.45) is 0 Å². The van der Waals surface area contributed by atoms with Crippen LogP contribution in [0.15, 0.2) is 29.4 Å². The Bertz CT molecular complexity index is 802. The van der Waals surface area contributed by atoms with E-state index in [9.17, 15) is 9.59 Å². The molecule has 9 nitrogen and oxygen atoms in total. The Kier molecular flexibility index (Phi) is 7.45. The molecule has 0 saturated carbocycles. The van der Waals surface area contributed by atoms with Crippen molar-refractivity contribution in [2.45, 2.75) is 12.1 Å². The van der Waals surface area contributed by atoms with E-state index in [1.807, 2.05) is 19.1 Å². The number of carbonyl (C=O) groups excluding carboxylic acids is 2. The van der Waals surface area contributed by atoms with Crippen LogP contribution in [0.25, 0.3) is 5.69 Å². The van der Waals surface area contributed by atoms with E-state index in [1.165, 1.54) is 4.68 Å². The maximum Gasteiger partial charge on any atom is 0.316 e. The smallest absolute Gasteiger partial charge is 0.316 e. The van der Waals surface area contributed by atoms with Gasteiger partial charge in [-0.3, -0.25) is 9.59 Å². The molecule has 10 heteroatoms. The molecule has 0 spiro atoms. The molecule has 1 aromatic carbocycles. The number of carbonyl (C=O) groups is 2. The second kappa shape index (κ2) is 10.0. The number of benzene rings is 1. The molecule has 0 saturated heterocycles. The van der Waals surface area contributed by atoms with Crippen LogP contribution in [0.1, 0.15) is 6.92 Å². The number of hydrogen-bond acceptors (Lipinski definition) is 8. The van der Waals surface area contributed by atoms with Crippen molar-refractivity contribution in [3.05, 3.63) is 24.3 Å². The van der Waals surface area contributed by atoms with Gasteiger partial charge in [0.25, 0.3) is 5.91 Å². The van der Waals surface area contributed by atoms with Gasteiger partial charge < -0.3 is 14.8 Å². The summed E-state index contributed by atoms with van der Waals surface area (Å²) in [5.74, 6) is 1.79. The molecule has 1 heterocycles. The zero-order valence-corrected chi connectivity index (χ0v) is 14.9. The first kappa shape index (κ1) is 19.3. The van der Waals surface area contributed by atoms with Crippen molar-refractivity contribution >= 4 is 23.6 Å². The summed E-state index contributed by atoms with van der Waals surface area (Å²) in [4.78, 5) is 23.1. The highest BCUT2D eigenvalue weighted by atomic mass is 32.2.